The van der Waals surface area contributed by atoms with E-state index in [1.807, 2.05) is 6.07 Å². The molecule has 102 valence electrons. The van der Waals surface area contributed by atoms with E-state index < -0.39 is 0 Å². The minimum atomic E-state index is -0.213. The zero-order valence-electron chi connectivity index (χ0n) is 10.9. The molecule has 0 N–H and O–H groups in total. The van der Waals surface area contributed by atoms with Crippen LogP contribution in [0.3, 0.4) is 0 Å². The smallest absolute Gasteiger partial charge is 0.123 e. The van der Waals surface area contributed by atoms with E-state index in [1.54, 1.807) is 42.1 Å². The van der Waals surface area contributed by atoms with Crippen LogP contribution < -0.4 is 4.74 Å². The number of hydrogen-bond acceptors (Lipinski definition) is 3. The first-order chi connectivity index (χ1) is 9.78. The summed E-state index contributed by atoms with van der Waals surface area (Å²) >= 11 is 1.67. The Labute approximate surface area is 122 Å². The lowest BCUT2D eigenvalue weighted by molar-refractivity contribution is 0.318. The van der Waals surface area contributed by atoms with Crippen molar-refractivity contribution >= 4 is 11.8 Å². The van der Waals surface area contributed by atoms with Crippen LogP contribution in [0.2, 0.25) is 0 Å². The van der Waals surface area contributed by atoms with Crippen LogP contribution in [0.1, 0.15) is 12.0 Å². The van der Waals surface area contributed by atoms with Crippen molar-refractivity contribution in [2.24, 2.45) is 0 Å². The quantitative estimate of drug-likeness (QED) is 0.588. The van der Waals surface area contributed by atoms with Crippen molar-refractivity contribution in [3.05, 3.63) is 59.9 Å². The number of nitriles is 1. The molecule has 2 rings (SSSR count). The molecule has 0 fully saturated rings. The minimum Gasteiger partial charge on any atom is -0.494 e. The molecule has 0 radical (unpaired) electrons. The Balaban J connectivity index is 1.69. The fraction of sp³-hybridized carbons (Fsp3) is 0.188. The van der Waals surface area contributed by atoms with Crippen molar-refractivity contribution in [2.45, 2.75) is 11.3 Å². The molecule has 2 nitrogen and oxygen atoms in total. The Kier molecular flexibility index (Phi) is 5.45. The lowest BCUT2D eigenvalue weighted by Gasteiger charge is -2.06. The van der Waals surface area contributed by atoms with E-state index in [9.17, 15) is 4.39 Å². The number of rotatable bonds is 6. The second-order valence-electron chi connectivity index (χ2n) is 4.14. The largest absolute Gasteiger partial charge is 0.494 e. The maximum Gasteiger partial charge on any atom is 0.123 e. The molecule has 0 spiro atoms. The first-order valence-corrected chi connectivity index (χ1v) is 7.28. The van der Waals surface area contributed by atoms with Gasteiger partial charge in [0.25, 0.3) is 0 Å². The molecule has 4 heteroatoms. The van der Waals surface area contributed by atoms with Crippen LogP contribution in [0.4, 0.5) is 4.39 Å². The average Bonchev–Trinajstić information content (AvgIpc) is 2.49. The third-order valence-electron chi connectivity index (χ3n) is 2.60. The summed E-state index contributed by atoms with van der Waals surface area (Å²) in [5.74, 6) is 1.41. The van der Waals surface area contributed by atoms with Gasteiger partial charge >= 0.3 is 0 Å². The van der Waals surface area contributed by atoms with Gasteiger partial charge in [0, 0.05) is 10.6 Å². The average molecular weight is 287 g/mol. The summed E-state index contributed by atoms with van der Waals surface area (Å²) in [5.41, 5.74) is 0.600. The van der Waals surface area contributed by atoms with Gasteiger partial charge in [0.1, 0.15) is 11.6 Å². The molecule has 20 heavy (non-hydrogen) atoms. The van der Waals surface area contributed by atoms with E-state index in [4.69, 9.17) is 10.00 Å². The molecule has 0 saturated carbocycles. The van der Waals surface area contributed by atoms with Crippen LogP contribution in [0.25, 0.3) is 0 Å². The monoisotopic (exact) mass is 287 g/mol. The molecule has 0 atom stereocenters. The van der Waals surface area contributed by atoms with Gasteiger partial charge in [-0.2, -0.15) is 5.26 Å². The molecule has 0 heterocycles. The van der Waals surface area contributed by atoms with E-state index in [1.165, 1.54) is 12.1 Å². The summed E-state index contributed by atoms with van der Waals surface area (Å²) in [6.45, 7) is 0.600. The summed E-state index contributed by atoms with van der Waals surface area (Å²) < 4.78 is 18.3. The van der Waals surface area contributed by atoms with Gasteiger partial charge in [-0.1, -0.05) is 6.07 Å². The molecule has 0 bridgehead atoms. The van der Waals surface area contributed by atoms with Crippen LogP contribution >= 0.6 is 11.8 Å². The molecule has 0 aliphatic carbocycles. The summed E-state index contributed by atoms with van der Waals surface area (Å²) in [6, 6.07) is 15.7. The highest BCUT2D eigenvalue weighted by Crippen LogP contribution is 2.19. The number of benzene rings is 2. The van der Waals surface area contributed by atoms with Gasteiger partial charge in [0.05, 0.1) is 18.2 Å². The molecular formula is C16H14FNOS. The Morgan fingerprint density at radius 3 is 2.70 bits per heavy atom. The molecule has 0 saturated heterocycles. The number of nitrogens with zero attached hydrogens (tertiary/aromatic N) is 1. The maximum atomic E-state index is 12.7. The van der Waals surface area contributed by atoms with E-state index in [2.05, 4.69) is 6.07 Å². The number of thioether (sulfide) groups is 1. The standard InChI is InChI=1S/C16H14FNOS/c17-14-5-7-16(8-6-14)20-10-2-9-19-15-4-1-3-13(11-15)12-18/h1,3-8,11H,2,9-10H2. The Morgan fingerprint density at radius 1 is 1.15 bits per heavy atom. The van der Waals surface area contributed by atoms with Crippen molar-refractivity contribution in [3.8, 4) is 11.8 Å². The first-order valence-electron chi connectivity index (χ1n) is 6.29. The van der Waals surface area contributed by atoms with Crippen LogP contribution in [-0.4, -0.2) is 12.4 Å². The highest BCUT2D eigenvalue weighted by Gasteiger charge is 1.98. The summed E-state index contributed by atoms with van der Waals surface area (Å²) in [4.78, 5) is 1.05. The van der Waals surface area contributed by atoms with E-state index in [-0.39, 0.29) is 5.82 Å². The van der Waals surface area contributed by atoms with Crippen LogP contribution in [-0.2, 0) is 0 Å². The topological polar surface area (TPSA) is 33.0 Å². The zero-order valence-corrected chi connectivity index (χ0v) is 11.7. The highest BCUT2D eigenvalue weighted by molar-refractivity contribution is 7.99. The Bertz CT molecular complexity index is 592. The normalized spacial score (nSPS) is 10.0. The van der Waals surface area contributed by atoms with E-state index in [0.29, 0.717) is 12.2 Å². The molecule has 0 aliphatic rings. The molecule has 0 unspecified atom stereocenters. The highest BCUT2D eigenvalue weighted by atomic mass is 32.2. The molecule has 2 aromatic rings. The van der Waals surface area contributed by atoms with Gasteiger partial charge in [0.2, 0.25) is 0 Å². The zero-order chi connectivity index (χ0) is 14.2. The van der Waals surface area contributed by atoms with Crippen molar-refractivity contribution in [1.29, 1.82) is 5.26 Å². The SMILES string of the molecule is N#Cc1cccc(OCCCSc2ccc(F)cc2)c1. The second kappa shape index (κ2) is 7.56. The van der Waals surface area contributed by atoms with Gasteiger partial charge in [-0.05, 0) is 48.9 Å². The van der Waals surface area contributed by atoms with E-state index >= 15 is 0 Å². The van der Waals surface area contributed by atoms with Gasteiger partial charge in [0.15, 0.2) is 0 Å². The third kappa shape index (κ3) is 4.60. The lowest BCUT2D eigenvalue weighted by atomic mass is 10.2. The maximum absolute atomic E-state index is 12.7. The molecule has 0 amide bonds. The van der Waals surface area contributed by atoms with Crippen molar-refractivity contribution in [3.63, 3.8) is 0 Å². The fourth-order valence-electron chi connectivity index (χ4n) is 1.63. The second-order valence-corrected chi connectivity index (χ2v) is 5.31. The summed E-state index contributed by atoms with van der Waals surface area (Å²) in [5, 5.41) is 8.78. The summed E-state index contributed by atoms with van der Waals surface area (Å²) in [7, 11) is 0. The lowest BCUT2D eigenvalue weighted by Crippen LogP contribution is -1.98. The van der Waals surface area contributed by atoms with Gasteiger partial charge in [-0.3, -0.25) is 0 Å². The molecule has 0 aliphatic heterocycles. The number of halogens is 1. The molecule has 0 aromatic heterocycles. The Morgan fingerprint density at radius 2 is 1.95 bits per heavy atom. The fourth-order valence-corrected chi connectivity index (χ4v) is 2.45. The van der Waals surface area contributed by atoms with Crippen molar-refractivity contribution < 1.29 is 9.13 Å². The van der Waals surface area contributed by atoms with Crippen LogP contribution in [0.15, 0.2) is 53.4 Å². The number of ether oxygens (including phenoxy) is 1. The van der Waals surface area contributed by atoms with Gasteiger partial charge < -0.3 is 4.74 Å². The predicted molar refractivity (Wildman–Crippen MR) is 78.4 cm³/mol. The van der Waals surface area contributed by atoms with Crippen LogP contribution in [0.5, 0.6) is 5.75 Å². The predicted octanol–water partition coefficient (Wildman–Crippen LogP) is 4.26. The van der Waals surface area contributed by atoms with Crippen molar-refractivity contribution in [1.82, 2.24) is 0 Å². The van der Waals surface area contributed by atoms with Crippen molar-refractivity contribution in [2.75, 3.05) is 12.4 Å². The van der Waals surface area contributed by atoms with E-state index in [0.717, 1.165) is 22.8 Å². The third-order valence-corrected chi connectivity index (χ3v) is 3.70. The van der Waals surface area contributed by atoms with Crippen LogP contribution in [0, 0.1) is 17.1 Å². The first kappa shape index (κ1) is 14.4. The minimum absolute atomic E-state index is 0.213. The van der Waals surface area contributed by atoms with Gasteiger partial charge in [-0.15, -0.1) is 11.8 Å². The summed E-state index contributed by atoms with van der Waals surface area (Å²) in [6.07, 6.45) is 0.888. The Hall–Kier alpha value is -1.99. The molecule has 2 aromatic carbocycles. The van der Waals surface area contributed by atoms with Gasteiger partial charge in [-0.25, -0.2) is 4.39 Å². The number of hydrogen-bond donors (Lipinski definition) is 0. The molecular weight excluding hydrogens is 273 g/mol.